The second-order valence-corrected chi connectivity index (χ2v) is 8.33. The summed E-state index contributed by atoms with van der Waals surface area (Å²) >= 11 is 24.7. The molecule has 0 atom stereocenters. The average Bonchev–Trinajstić information content (AvgIpc) is 2.72. The molecule has 3 nitrogen and oxygen atoms in total. The third-order valence-corrected chi connectivity index (χ3v) is 6.09. The lowest BCUT2D eigenvalue weighted by atomic mass is 10.1. The van der Waals surface area contributed by atoms with Gasteiger partial charge in [0.25, 0.3) is 0 Å². The molecule has 0 spiro atoms. The average molecular weight is 480 g/mol. The minimum absolute atomic E-state index is 0.0431. The summed E-state index contributed by atoms with van der Waals surface area (Å²) in [5.41, 5.74) is 2.15. The summed E-state index contributed by atoms with van der Waals surface area (Å²) in [4.78, 5) is 13.3. The molecule has 0 amide bonds. The van der Waals surface area contributed by atoms with Gasteiger partial charge < -0.3 is 9.15 Å². The SMILES string of the molecule is Cc1cc2oc(-c3ccccc3Cl)c(OCc3ccc(Cl)c(Cl)c3)c(=O)c2cc1Cl. The lowest BCUT2D eigenvalue weighted by Gasteiger charge is -2.13. The van der Waals surface area contributed by atoms with E-state index in [0.29, 0.717) is 36.6 Å². The molecule has 0 aliphatic rings. The van der Waals surface area contributed by atoms with Gasteiger partial charge in [0.05, 0.1) is 20.5 Å². The van der Waals surface area contributed by atoms with Crippen molar-refractivity contribution in [1.29, 1.82) is 0 Å². The lowest BCUT2D eigenvalue weighted by Crippen LogP contribution is -2.10. The molecule has 0 saturated carbocycles. The van der Waals surface area contributed by atoms with Crippen molar-refractivity contribution in [2.24, 2.45) is 0 Å². The van der Waals surface area contributed by atoms with Crippen molar-refractivity contribution in [3.05, 3.63) is 96.0 Å². The maximum atomic E-state index is 13.3. The molecule has 1 aromatic heterocycles. The molecule has 0 aliphatic heterocycles. The quantitative estimate of drug-likeness (QED) is 0.298. The minimum atomic E-state index is -0.340. The highest BCUT2D eigenvalue weighted by Gasteiger charge is 2.20. The summed E-state index contributed by atoms with van der Waals surface area (Å²) < 4.78 is 12.0. The monoisotopic (exact) mass is 478 g/mol. The van der Waals surface area contributed by atoms with Gasteiger partial charge in [-0.05, 0) is 54.4 Å². The summed E-state index contributed by atoms with van der Waals surface area (Å²) in [5, 5.41) is 2.07. The lowest BCUT2D eigenvalue weighted by molar-refractivity contribution is 0.298. The first-order chi connectivity index (χ1) is 14.3. The highest BCUT2D eigenvalue weighted by atomic mass is 35.5. The van der Waals surface area contributed by atoms with E-state index >= 15 is 0 Å². The number of benzene rings is 3. The second-order valence-electron chi connectivity index (χ2n) is 6.70. The van der Waals surface area contributed by atoms with E-state index in [9.17, 15) is 4.79 Å². The zero-order valence-corrected chi connectivity index (χ0v) is 18.7. The number of aryl methyl sites for hydroxylation is 1. The van der Waals surface area contributed by atoms with Gasteiger partial charge in [-0.25, -0.2) is 0 Å². The maximum absolute atomic E-state index is 13.3. The first-order valence-electron chi connectivity index (χ1n) is 8.93. The minimum Gasteiger partial charge on any atom is -0.481 e. The summed E-state index contributed by atoms with van der Waals surface area (Å²) in [6.07, 6.45) is 0. The smallest absolute Gasteiger partial charge is 0.235 e. The number of halogens is 4. The largest absolute Gasteiger partial charge is 0.481 e. The van der Waals surface area contributed by atoms with Crippen LogP contribution in [-0.2, 0) is 6.61 Å². The summed E-state index contributed by atoms with van der Waals surface area (Å²) in [7, 11) is 0. The van der Waals surface area contributed by atoms with Gasteiger partial charge in [-0.3, -0.25) is 4.79 Å². The Bertz CT molecular complexity index is 1330. The van der Waals surface area contributed by atoms with Crippen LogP contribution in [0.4, 0.5) is 0 Å². The Morgan fingerprint density at radius 1 is 0.867 bits per heavy atom. The predicted molar refractivity (Wildman–Crippen MR) is 123 cm³/mol. The van der Waals surface area contributed by atoms with E-state index in [0.717, 1.165) is 11.1 Å². The molecule has 3 aromatic carbocycles. The van der Waals surface area contributed by atoms with Gasteiger partial charge >= 0.3 is 0 Å². The molecular weight excluding hydrogens is 466 g/mol. The number of ether oxygens (including phenoxy) is 1. The number of hydrogen-bond donors (Lipinski definition) is 0. The standard InChI is InChI=1S/C23H14Cl4O3/c1-12-8-20-15(10-18(12)26)21(28)23(22(30-20)14-4-2-3-5-16(14)24)29-11-13-6-7-17(25)19(27)9-13/h2-10H,11H2,1H3. The van der Waals surface area contributed by atoms with Crippen molar-refractivity contribution in [2.45, 2.75) is 13.5 Å². The fourth-order valence-electron chi connectivity index (χ4n) is 3.04. The summed E-state index contributed by atoms with van der Waals surface area (Å²) in [6.45, 7) is 1.93. The topological polar surface area (TPSA) is 39.4 Å². The van der Waals surface area contributed by atoms with Crippen LogP contribution in [-0.4, -0.2) is 0 Å². The zero-order chi connectivity index (χ0) is 21.4. The van der Waals surface area contributed by atoms with Gasteiger partial charge in [0.2, 0.25) is 11.2 Å². The van der Waals surface area contributed by atoms with Gasteiger partial charge in [0.1, 0.15) is 12.2 Å². The van der Waals surface area contributed by atoms with E-state index in [1.54, 1.807) is 54.6 Å². The first kappa shape index (κ1) is 21.1. The third kappa shape index (κ3) is 4.03. The van der Waals surface area contributed by atoms with Gasteiger partial charge in [-0.15, -0.1) is 0 Å². The summed E-state index contributed by atoms with van der Waals surface area (Å²) in [6, 6.07) is 15.5. The van der Waals surface area contributed by atoms with Gasteiger partial charge in [-0.2, -0.15) is 0 Å². The van der Waals surface area contributed by atoms with E-state index in [2.05, 4.69) is 0 Å². The van der Waals surface area contributed by atoms with Crippen LogP contribution in [0.25, 0.3) is 22.3 Å². The number of hydrogen-bond acceptors (Lipinski definition) is 3. The van der Waals surface area contributed by atoms with Gasteiger partial charge in [0, 0.05) is 10.6 Å². The zero-order valence-electron chi connectivity index (χ0n) is 15.6. The molecule has 0 radical (unpaired) electrons. The molecule has 0 fully saturated rings. The Morgan fingerprint density at radius 2 is 1.63 bits per heavy atom. The third-order valence-electron chi connectivity index (χ3n) is 4.62. The Labute approximate surface area is 192 Å². The van der Waals surface area contributed by atoms with E-state index in [-0.39, 0.29) is 23.5 Å². The van der Waals surface area contributed by atoms with Crippen molar-refractivity contribution in [3.63, 3.8) is 0 Å². The van der Waals surface area contributed by atoms with Crippen LogP contribution in [0, 0.1) is 6.92 Å². The fourth-order valence-corrected chi connectivity index (χ4v) is 3.74. The molecule has 0 aliphatic carbocycles. The van der Waals surface area contributed by atoms with Gasteiger partial charge in [-0.1, -0.05) is 64.6 Å². The van der Waals surface area contributed by atoms with E-state index in [1.807, 2.05) is 6.92 Å². The number of fused-ring (bicyclic) bond motifs is 1. The molecule has 1 heterocycles. The van der Waals surface area contributed by atoms with E-state index in [4.69, 9.17) is 55.6 Å². The van der Waals surface area contributed by atoms with Crippen LogP contribution in [0.3, 0.4) is 0 Å². The van der Waals surface area contributed by atoms with Crippen molar-refractivity contribution in [3.8, 4) is 17.1 Å². The second kappa shape index (κ2) is 8.52. The van der Waals surface area contributed by atoms with Gasteiger partial charge in [0.15, 0.2) is 5.76 Å². The fraction of sp³-hybridized carbons (Fsp3) is 0.0870. The molecule has 0 N–H and O–H groups in total. The molecular formula is C23H14Cl4O3. The Hall–Kier alpha value is -2.17. The van der Waals surface area contributed by atoms with Crippen LogP contribution >= 0.6 is 46.4 Å². The first-order valence-corrected chi connectivity index (χ1v) is 10.4. The van der Waals surface area contributed by atoms with Crippen LogP contribution in [0.2, 0.25) is 20.1 Å². The summed E-state index contributed by atoms with van der Waals surface area (Å²) in [5.74, 6) is 0.293. The van der Waals surface area contributed by atoms with E-state index in [1.165, 1.54) is 0 Å². The highest BCUT2D eigenvalue weighted by Crippen LogP contribution is 2.36. The molecule has 7 heteroatoms. The van der Waals surface area contributed by atoms with Crippen molar-refractivity contribution >= 4 is 57.4 Å². The molecule has 4 aromatic rings. The molecule has 152 valence electrons. The molecule has 0 saturated heterocycles. The molecule has 0 bridgehead atoms. The van der Waals surface area contributed by atoms with Crippen LogP contribution < -0.4 is 10.2 Å². The maximum Gasteiger partial charge on any atom is 0.235 e. The van der Waals surface area contributed by atoms with Crippen molar-refractivity contribution < 1.29 is 9.15 Å². The molecule has 4 rings (SSSR count). The highest BCUT2D eigenvalue weighted by molar-refractivity contribution is 6.42. The Balaban J connectivity index is 1.89. The van der Waals surface area contributed by atoms with Crippen LogP contribution in [0.15, 0.2) is 63.8 Å². The molecule has 30 heavy (non-hydrogen) atoms. The normalized spacial score (nSPS) is 11.1. The predicted octanol–water partition coefficient (Wildman–Crippen LogP) is 7.96. The van der Waals surface area contributed by atoms with Crippen molar-refractivity contribution in [1.82, 2.24) is 0 Å². The van der Waals surface area contributed by atoms with Crippen LogP contribution in [0.1, 0.15) is 11.1 Å². The van der Waals surface area contributed by atoms with E-state index < -0.39 is 0 Å². The van der Waals surface area contributed by atoms with Crippen LogP contribution in [0.5, 0.6) is 5.75 Å². The Morgan fingerprint density at radius 3 is 2.37 bits per heavy atom. The number of rotatable bonds is 4. The Kier molecular flexibility index (Phi) is 5.99. The molecule has 0 unspecified atom stereocenters. The van der Waals surface area contributed by atoms with Crippen molar-refractivity contribution in [2.75, 3.05) is 0 Å².